The highest BCUT2D eigenvalue weighted by Crippen LogP contribution is 2.32. The highest BCUT2D eigenvalue weighted by Gasteiger charge is 2.26. The topological polar surface area (TPSA) is 66.5 Å². The Morgan fingerprint density at radius 3 is 2.59 bits per heavy atom. The van der Waals surface area contributed by atoms with Crippen molar-refractivity contribution in [3.05, 3.63) is 58.7 Å². The summed E-state index contributed by atoms with van der Waals surface area (Å²) in [5.41, 5.74) is 5.21. The van der Waals surface area contributed by atoms with Crippen molar-refractivity contribution in [2.75, 3.05) is 21.9 Å². The van der Waals surface area contributed by atoms with Crippen molar-refractivity contribution in [3.8, 4) is 0 Å². The highest BCUT2D eigenvalue weighted by atomic mass is 32.2. The molecule has 1 aliphatic rings. The molecule has 5 nitrogen and oxygen atoms in total. The second kappa shape index (κ2) is 7.72. The summed E-state index contributed by atoms with van der Waals surface area (Å²) in [7, 11) is -3.29. The quantitative estimate of drug-likeness (QED) is 0.843. The third kappa shape index (κ3) is 4.16. The lowest BCUT2D eigenvalue weighted by Gasteiger charge is -2.30. The molecular weight excluding hydrogens is 360 g/mol. The molecule has 0 radical (unpaired) electrons. The summed E-state index contributed by atoms with van der Waals surface area (Å²) in [5, 5.41) is 2.93. The van der Waals surface area contributed by atoms with Gasteiger partial charge in [-0.25, -0.2) is 8.42 Å². The van der Waals surface area contributed by atoms with Crippen molar-refractivity contribution in [2.45, 2.75) is 40.0 Å². The molecule has 6 heteroatoms. The van der Waals surface area contributed by atoms with Crippen molar-refractivity contribution >= 4 is 27.3 Å². The van der Waals surface area contributed by atoms with Crippen molar-refractivity contribution in [1.29, 1.82) is 0 Å². The Hall–Kier alpha value is -2.34. The fraction of sp³-hybridized carbons (Fsp3) is 0.381. The number of carbonyl (C=O) groups excluding carboxylic acids is 1. The Labute approximate surface area is 161 Å². The average Bonchev–Trinajstić information content (AvgIpc) is 2.63. The molecule has 1 N–H and O–H groups in total. The Morgan fingerprint density at radius 1 is 1.11 bits per heavy atom. The molecule has 0 bridgehead atoms. The number of sulfonamides is 1. The van der Waals surface area contributed by atoms with Crippen LogP contribution in [0.5, 0.6) is 0 Å². The van der Waals surface area contributed by atoms with E-state index in [-0.39, 0.29) is 11.7 Å². The smallest absolute Gasteiger partial charge is 0.255 e. The molecule has 27 heavy (non-hydrogen) atoms. The third-order valence-corrected chi connectivity index (χ3v) is 6.96. The molecule has 0 atom stereocenters. The number of anilines is 2. The van der Waals surface area contributed by atoms with Crippen LogP contribution in [0.15, 0.2) is 36.4 Å². The van der Waals surface area contributed by atoms with Crippen LogP contribution in [0.4, 0.5) is 11.4 Å². The van der Waals surface area contributed by atoms with Crippen LogP contribution in [0, 0.1) is 13.8 Å². The van der Waals surface area contributed by atoms with Gasteiger partial charge in [-0.05, 0) is 80.1 Å². The minimum atomic E-state index is -3.29. The Bertz CT molecular complexity index is 967. The number of fused-ring (bicyclic) bond motifs is 1. The van der Waals surface area contributed by atoms with E-state index < -0.39 is 10.0 Å². The van der Waals surface area contributed by atoms with Crippen LogP contribution in [0.1, 0.15) is 46.8 Å². The third-order valence-electron chi connectivity index (χ3n) is 4.98. The molecule has 0 saturated carbocycles. The maximum absolute atomic E-state index is 12.5. The van der Waals surface area contributed by atoms with Crippen LogP contribution >= 0.6 is 0 Å². The van der Waals surface area contributed by atoms with Crippen LogP contribution < -0.4 is 9.62 Å². The molecule has 2 aromatic carbocycles. The monoisotopic (exact) mass is 386 g/mol. The summed E-state index contributed by atoms with van der Waals surface area (Å²) in [4.78, 5) is 12.5. The number of nitrogens with zero attached hydrogens (tertiary/aromatic N) is 1. The molecular formula is C21H26N2O3S. The van der Waals surface area contributed by atoms with Gasteiger partial charge in [0.1, 0.15) is 0 Å². The molecule has 2 aromatic rings. The van der Waals surface area contributed by atoms with Gasteiger partial charge in [-0.15, -0.1) is 0 Å². The predicted octanol–water partition coefficient (Wildman–Crippen LogP) is 4.05. The van der Waals surface area contributed by atoms with Gasteiger partial charge in [-0.1, -0.05) is 13.0 Å². The Kier molecular flexibility index (Phi) is 5.56. The number of nitrogens with one attached hydrogen (secondary N) is 1. The first-order valence-electron chi connectivity index (χ1n) is 9.34. The summed E-state index contributed by atoms with van der Waals surface area (Å²) in [5.74, 6) is -0.0122. The van der Waals surface area contributed by atoms with Crippen LogP contribution in [-0.2, 0) is 16.4 Å². The van der Waals surface area contributed by atoms with Crippen molar-refractivity contribution < 1.29 is 13.2 Å². The molecule has 3 rings (SSSR count). The lowest BCUT2D eigenvalue weighted by molar-refractivity contribution is 0.102. The maximum Gasteiger partial charge on any atom is 0.255 e. The minimum absolute atomic E-state index is 0.150. The molecule has 0 saturated heterocycles. The van der Waals surface area contributed by atoms with E-state index in [1.54, 1.807) is 12.1 Å². The summed E-state index contributed by atoms with van der Waals surface area (Å²) < 4.78 is 26.5. The molecule has 1 aliphatic heterocycles. The van der Waals surface area contributed by atoms with Crippen molar-refractivity contribution in [3.63, 3.8) is 0 Å². The molecule has 0 aliphatic carbocycles. The first-order chi connectivity index (χ1) is 12.8. The summed E-state index contributed by atoms with van der Waals surface area (Å²) in [6.45, 7) is 6.38. The predicted molar refractivity (Wildman–Crippen MR) is 110 cm³/mol. The SMILES string of the molecule is CCCS(=O)(=O)N1CCCc2cc(NC(=O)c3ccc(C)c(C)c3)ccc21. The summed E-state index contributed by atoms with van der Waals surface area (Å²) >= 11 is 0. The average molecular weight is 387 g/mol. The first kappa shape index (κ1) is 19.4. The van der Waals surface area contributed by atoms with E-state index in [0.29, 0.717) is 24.2 Å². The fourth-order valence-corrected chi connectivity index (χ4v) is 5.00. The van der Waals surface area contributed by atoms with Gasteiger partial charge in [-0.2, -0.15) is 0 Å². The number of benzene rings is 2. The molecule has 1 heterocycles. The molecule has 0 fully saturated rings. The standard InChI is InChI=1S/C21H26N2O3S/c1-4-12-27(25,26)23-11-5-6-17-14-19(9-10-20(17)23)22-21(24)18-8-7-15(2)16(3)13-18/h7-10,13-14H,4-6,11-12H2,1-3H3,(H,22,24). The zero-order chi connectivity index (χ0) is 19.6. The van der Waals surface area contributed by atoms with E-state index in [1.807, 2.05) is 45.0 Å². The number of aryl methyl sites for hydroxylation is 3. The number of amides is 1. The van der Waals surface area contributed by atoms with Crippen molar-refractivity contribution in [2.24, 2.45) is 0 Å². The van der Waals surface area contributed by atoms with Crippen LogP contribution in [0.2, 0.25) is 0 Å². The molecule has 144 valence electrons. The number of hydrogen-bond donors (Lipinski definition) is 1. The van der Waals surface area contributed by atoms with Crippen LogP contribution in [-0.4, -0.2) is 26.6 Å². The number of carbonyl (C=O) groups is 1. The molecule has 0 unspecified atom stereocenters. The van der Waals surface area contributed by atoms with Gasteiger partial charge in [-0.3, -0.25) is 9.10 Å². The second-order valence-corrected chi connectivity index (χ2v) is 9.10. The van der Waals surface area contributed by atoms with E-state index in [2.05, 4.69) is 5.32 Å². The molecule has 0 spiro atoms. The van der Waals surface area contributed by atoms with E-state index in [4.69, 9.17) is 0 Å². The summed E-state index contributed by atoms with van der Waals surface area (Å²) in [6, 6.07) is 11.1. The first-order valence-corrected chi connectivity index (χ1v) is 10.9. The fourth-order valence-electron chi connectivity index (χ4n) is 3.38. The van der Waals surface area contributed by atoms with Crippen LogP contribution in [0.3, 0.4) is 0 Å². The van der Waals surface area contributed by atoms with E-state index in [1.165, 1.54) is 4.31 Å². The lowest BCUT2D eigenvalue weighted by atomic mass is 10.0. The van der Waals surface area contributed by atoms with Gasteiger partial charge in [0, 0.05) is 17.8 Å². The van der Waals surface area contributed by atoms with E-state index >= 15 is 0 Å². The molecule has 0 aromatic heterocycles. The zero-order valence-corrected chi connectivity index (χ0v) is 16.9. The Morgan fingerprint density at radius 2 is 1.89 bits per heavy atom. The van der Waals surface area contributed by atoms with Crippen molar-refractivity contribution in [1.82, 2.24) is 0 Å². The minimum Gasteiger partial charge on any atom is -0.322 e. The normalized spacial score (nSPS) is 14.0. The highest BCUT2D eigenvalue weighted by molar-refractivity contribution is 7.92. The van der Waals surface area contributed by atoms with Gasteiger partial charge in [0.25, 0.3) is 5.91 Å². The van der Waals surface area contributed by atoms with Gasteiger partial charge in [0.05, 0.1) is 11.4 Å². The maximum atomic E-state index is 12.5. The summed E-state index contributed by atoms with van der Waals surface area (Å²) in [6.07, 6.45) is 2.18. The van der Waals surface area contributed by atoms with Crippen LogP contribution in [0.25, 0.3) is 0 Å². The zero-order valence-electron chi connectivity index (χ0n) is 16.1. The van der Waals surface area contributed by atoms with E-state index in [0.717, 1.165) is 35.2 Å². The number of hydrogen-bond acceptors (Lipinski definition) is 3. The second-order valence-electron chi connectivity index (χ2n) is 7.09. The number of rotatable bonds is 5. The van der Waals surface area contributed by atoms with E-state index in [9.17, 15) is 13.2 Å². The van der Waals surface area contributed by atoms with Gasteiger partial charge >= 0.3 is 0 Å². The van der Waals surface area contributed by atoms with Gasteiger partial charge in [0.2, 0.25) is 10.0 Å². The molecule has 1 amide bonds. The van der Waals surface area contributed by atoms with Gasteiger partial charge in [0.15, 0.2) is 0 Å². The lowest BCUT2D eigenvalue weighted by Crippen LogP contribution is -2.37. The van der Waals surface area contributed by atoms with Gasteiger partial charge < -0.3 is 5.32 Å². The Balaban J connectivity index is 1.83. The largest absolute Gasteiger partial charge is 0.322 e.